The zero-order valence-electron chi connectivity index (χ0n) is 13.8. The smallest absolute Gasteiger partial charge is 0.210 e. The van der Waals surface area contributed by atoms with Gasteiger partial charge in [0.2, 0.25) is 5.13 Å². The molecule has 1 unspecified atom stereocenters. The summed E-state index contributed by atoms with van der Waals surface area (Å²) in [5, 5.41) is 11.9. The first-order valence-corrected chi connectivity index (χ1v) is 9.36. The van der Waals surface area contributed by atoms with Gasteiger partial charge in [-0.05, 0) is 19.1 Å². The molecular weight excluding hydrogens is 354 g/mol. The predicted molar refractivity (Wildman–Crippen MR) is 102 cm³/mol. The number of hydrogen-bond acceptors (Lipinski definition) is 7. The van der Waals surface area contributed by atoms with Crippen LogP contribution >= 0.6 is 23.1 Å². The van der Waals surface area contributed by atoms with Gasteiger partial charge in [0.25, 0.3) is 0 Å². The van der Waals surface area contributed by atoms with Crippen LogP contribution in [0.2, 0.25) is 0 Å². The first-order chi connectivity index (χ1) is 12.2. The van der Waals surface area contributed by atoms with Crippen LogP contribution in [0, 0.1) is 0 Å². The van der Waals surface area contributed by atoms with Crippen molar-refractivity contribution < 1.29 is 9.53 Å². The van der Waals surface area contributed by atoms with E-state index in [9.17, 15) is 4.79 Å². The lowest BCUT2D eigenvalue weighted by atomic mass is 10.1. The van der Waals surface area contributed by atoms with Crippen molar-refractivity contribution in [3.05, 3.63) is 60.2 Å². The molecule has 0 radical (unpaired) electrons. The van der Waals surface area contributed by atoms with Gasteiger partial charge in [0.15, 0.2) is 10.1 Å². The second-order valence-corrected chi connectivity index (χ2v) is 7.75. The number of carbonyl (C=O) groups is 1. The highest BCUT2D eigenvalue weighted by atomic mass is 32.2. The topological polar surface area (TPSA) is 64.1 Å². The number of rotatable bonds is 7. The molecule has 1 heterocycles. The molecule has 0 aliphatic carbocycles. The molecule has 5 nitrogen and oxygen atoms in total. The zero-order chi connectivity index (χ0) is 17.6. The van der Waals surface area contributed by atoms with E-state index >= 15 is 0 Å². The van der Waals surface area contributed by atoms with Gasteiger partial charge < -0.3 is 10.1 Å². The zero-order valence-corrected chi connectivity index (χ0v) is 15.4. The van der Waals surface area contributed by atoms with Crippen LogP contribution in [0.1, 0.15) is 17.3 Å². The maximum atomic E-state index is 12.4. The third-order valence-electron chi connectivity index (χ3n) is 3.46. The predicted octanol–water partition coefficient (Wildman–Crippen LogP) is 4.65. The van der Waals surface area contributed by atoms with Crippen molar-refractivity contribution >= 4 is 39.7 Å². The number of thioether (sulfide) groups is 1. The molecule has 0 aliphatic heterocycles. The fourth-order valence-electron chi connectivity index (χ4n) is 2.21. The van der Waals surface area contributed by atoms with Crippen molar-refractivity contribution in [2.45, 2.75) is 16.5 Å². The van der Waals surface area contributed by atoms with E-state index in [1.165, 1.54) is 23.1 Å². The lowest BCUT2D eigenvalue weighted by Gasteiger charge is -2.08. The Hall–Kier alpha value is -2.38. The number of anilines is 2. The summed E-state index contributed by atoms with van der Waals surface area (Å²) in [5.41, 5.74) is 1.53. The Labute approximate surface area is 154 Å². The molecule has 3 rings (SSSR count). The molecule has 3 aromatic rings. The van der Waals surface area contributed by atoms with Gasteiger partial charge in [0.1, 0.15) is 5.75 Å². The number of Topliss-reactive ketones (excluding diaryl/α,β-unsaturated/α-hetero) is 1. The summed E-state index contributed by atoms with van der Waals surface area (Å²) in [5.74, 6) is 0.819. The molecule has 7 heteroatoms. The molecule has 1 N–H and O–H groups in total. The summed E-state index contributed by atoms with van der Waals surface area (Å²) in [6.45, 7) is 1.88. The Morgan fingerprint density at radius 1 is 1.12 bits per heavy atom. The molecule has 0 saturated heterocycles. The number of aromatic nitrogens is 2. The molecule has 2 aromatic carbocycles. The van der Waals surface area contributed by atoms with E-state index in [4.69, 9.17) is 4.74 Å². The number of ketones is 1. The molecule has 128 valence electrons. The fourth-order valence-corrected chi connectivity index (χ4v) is 4.20. The monoisotopic (exact) mass is 371 g/mol. The lowest BCUT2D eigenvalue weighted by Crippen LogP contribution is -2.13. The van der Waals surface area contributed by atoms with Crippen LogP contribution in [0.3, 0.4) is 0 Å². The number of methoxy groups -OCH3 is 1. The Balaban J connectivity index is 1.66. The summed E-state index contributed by atoms with van der Waals surface area (Å²) in [4.78, 5) is 12.4. The average molecular weight is 371 g/mol. The van der Waals surface area contributed by atoms with Gasteiger partial charge in [-0.2, -0.15) is 0 Å². The van der Waals surface area contributed by atoms with E-state index in [-0.39, 0.29) is 11.0 Å². The third kappa shape index (κ3) is 4.37. The number of nitrogens with one attached hydrogen (secondary N) is 1. The first kappa shape index (κ1) is 17.4. The second-order valence-electron chi connectivity index (χ2n) is 5.19. The van der Waals surface area contributed by atoms with Gasteiger partial charge in [0.05, 0.1) is 18.0 Å². The molecule has 1 aromatic heterocycles. The third-order valence-corrected chi connectivity index (χ3v) is 5.48. The van der Waals surface area contributed by atoms with E-state index in [0.717, 1.165) is 15.8 Å². The summed E-state index contributed by atoms with van der Waals surface area (Å²) in [6.07, 6.45) is 0. The largest absolute Gasteiger partial charge is 0.495 e. The van der Waals surface area contributed by atoms with Crippen molar-refractivity contribution in [1.29, 1.82) is 0 Å². The minimum absolute atomic E-state index is 0.0834. The summed E-state index contributed by atoms with van der Waals surface area (Å²) >= 11 is 2.82. The van der Waals surface area contributed by atoms with E-state index in [0.29, 0.717) is 10.7 Å². The molecule has 0 fully saturated rings. The number of para-hydroxylation sites is 2. The number of hydrogen-bond donors (Lipinski definition) is 1. The highest BCUT2D eigenvalue weighted by Gasteiger charge is 2.18. The van der Waals surface area contributed by atoms with Crippen molar-refractivity contribution in [2.75, 3.05) is 12.4 Å². The highest BCUT2D eigenvalue weighted by molar-refractivity contribution is 8.02. The Morgan fingerprint density at radius 3 is 2.60 bits per heavy atom. The maximum absolute atomic E-state index is 12.4. The number of nitrogens with zero attached hydrogens (tertiary/aromatic N) is 2. The van der Waals surface area contributed by atoms with Crippen molar-refractivity contribution in [2.24, 2.45) is 0 Å². The van der Waals surface area contributed by atoms with Crippen LogP contribution in [-0.4, -0.2) is 28.3 Å². The van der Waals surface area contributed by atoms with E-state index < -0.39 is 0 Å². The molecular formula is C18H17N3O2S2. The fraction of sp³-hybridized carbons (Fsp3) is 0.167. The minimum Gasteiger partial charge on any atom is -0.495 e. The van der Waals surface area contributed by atoms with Gasteiger partial charge >= 0.3 is 0 Å². The second kappa shape index (κ2) is 8.13. The van der Waals surface area contributed by atoms with Gasteiger partial charge in [-0.15, -0.1) is 10.2 Å². The van der Waals surface area contributed by atoms with Gasteiger partial charge in [-0.25, -0.2) is 0 Å². The van der Waals surface area contributed by atoms with Crippen molar-refractivity contribution in [3.63, 3.8) is 0 Å². The molecule has 0 saturated carbocycles. The normalized spacial score (nSPS) is 11.8. The van der Waals surface area contributed by atoms with Gasteiger partial charge in [-0.1, -0.05) is 65.6 Å². The van der Waals surface area contributed by atoms with E-state index in [1.54, 1.807) is 7.11 Å². The van der Waals surface area contributed by atoms with Crippen LogP contribution in [0.4, 0.5) is 10.8 Å². The summed E-state index contributed by atoms with van der Waals surface area (Å²) < 4.78 is 6.06. The Kier molecular flexibility index (Phi) is 5.67. The first-order valence-electron chi connectivity index (χ1n) is 7.67. The van der Waals surface area contributed by atoms with Gasteiger partial charge in [0, 0.05) is 5.56 Å². The Bertz CT molecular complexity index is 852. The minimum atomic E-state index is -0.227. The number of ether oxygens (including phenoxy) is 1. The quantitative estimate of drug-likeness (QED) is 0.482. The Morgan fingerprint density at radius 2 is 1.84 bits per heavy atom. The molecule has 1 atom stereocenters. The van der Waals surface area contributed by atoms with Crippen LogP contribution < -0.4 is 10.1 Å². The highest BCUT2D eigenvalue weighted by Crippen LogP contribution is 2.33. The van der Waals surface area contributed by atoms with Crippen LogP contribution in [0.25, 0.3) is 0 Å². The number of benzene rings is 2. The van der Waals surface area contributed by atoms with Crippen LogP contribution in [0.5, 0.6) is 5.75 Å². The standard InChI is InChI=1S/C18H17N3O2S2/c1-12(16(22)13-8-4-3-5-9-13)24-18-21-20-17(25-18)19-14-10-6-7-11-15(14)23-2/h3-12H,1-2H3,(H,19,20). The summed E-state index contributed by atoms with van der Waals surface area (Å²) in [7, 11) is 1.62. The molecule has 0 spiro atoms. The molecule has 25 heavy (non-hydrogen) atoms. The van der Waals surface area contributed by atoms with Crippen LogP contribution in [-0.2, 0) is 0 Å². The molecule has 0 amide bonds. The molecule has 0 bridgehead atoms. The van der Waals surface area contributed by atoms with E-state index in [2.05, 4.69) is 15.5 Å². The van der Waals surface area contributed by atoms with Crippen LogP contribution in [0.15, 0.2) is 58.9 Å². The van der Waals surface area contributed by atoms with Crippen molar-refractivity contribution in [1.82, 2.24) is 10.2 Å². The summed E-state index contributed by atoms with van der Waals surface area (Å²) in [6, 6.07) is 16.9. The maximum Gasteiger partial charge on any atom is 0.210 e. The average Bonchev–Trinajstić information content (AvgIpc) is 3.09. The van der Waals surface area contributed by atoms with Crippen molar-refractivity contribution in [3.8, 4) is 5.75 Å². The molecule has 0 aliphatic rings. The van der Waals surface area contributed by atoms with Gasteiger partial charge in [-0.3, -0.25) is 4.79 Å². The SMILES string of the molecule is COc1ccccc1Nc1nnc(SC(C)C(=O)c2ccccc2)s1. The van der Waals surface area contributed by atoms with E-state index in [1.807, 2.05) is 61.5 Å². The number of carbonyl (C=O) groups excluding carboxylic acids is 1. The lowest BCUT2D eigenvalue weighted by molar-refractivity contribution is 0.0994.